The summed E-state index contributed by atoms with van der Waals surface area (Å²) >= 11 is 0. The summed E-state index contributed by atoms with van der Waals surface area (Å²) in [7, 11) is 0. The van der Waals surface area contributed by atoms with Crippen molar-refractivity contribution in [1.82, 2.24) is 0 Å². The van der Waals surface area contributed by atoms with Crippen molar-refractivity contribution in [3.05, 3.63) is 41.5 Å². The molecule has 0 nitrogen and oxygen atoms in total. The summed E-state index contributed by atoms with van der Waals surface area (Å²) in [4.78, 5) is 0. The molecule has 0 amide bonds. The summed E-state index contributed by atoms with van der Waals surface area (Å²) in [5, 5.41) is 0. The zero-order valence-electron chi connectivity index (χ0n) is 22.6. The molecule has 0 heterocycles. The molecular formula is C26H58Mg3. The van der Waals surface area contributed by atoms with Crippen LogP contribution in [0.3, 0.4) is 0 Å². The van der Waals surface area contributed by atoms with Gasteiger partial charge < -0.3 is 41.5 Å². The van der Waals surface area contributed by atoms with Gasteiger partial charge in [-0.3, -0.25) is 0 Å². The Morgan fingerprint density at radius 3 is 0.586 bits per heavy atom. The molecule has 0 unspecified atom stereocenters. The van der Waals surface area contributed by atoms with E-state index in [4.69, 9.17) is 0 Å². The zero-order valence-corrected chi connectivity index (χ0v) is 26.8. The number of unbranched alkanes of at least 4 members (excludes halogenated alkanes) is 6. The first-order valence-electron chi connectivity index (χ1n) is 11.0. The molecule has 3 heteroatoms. The van der Waals surface area contributed by atoms with Gasteiger partial charge in [0.2, 0.25) is 0 Å². The van der Waals surface area contributed by atoms with Crippen LogP contribution in [0.15, 0.2) is 0 Å². The summed E-state index contributed by atoms with van der Waals surface area (Å²) < 4.78 is 0. The Bertz CT molecular complexity index is 108. The van der Waals surface area contributed by atoms with Crippen LogP contribution in [0.25, 0.3) is 0 Å². The van der Waals surface area contributed by atoms with Gasteiger partial charge in [0.1, 0.15) is 0 Å². The van der Waals surface area contributed by atoms with Crippen molar-refractivity contribution in [3.63, 3.8) is 0 Å². The molecule has 0 fully saturated rings. The summed E-state index contributed by atoms with van der Waals surface area (Å²) in [6, 6.07) is 0. The number of hydrogen-bond acceptors (Lipinski definition) is 0. The molecule has 0 aliphatic carbocycles. The molecule has 0 aromatic carbocycles. The van der Waals surface area contributed by atoms with Crippen LogP contribution in [-0.2, 0) is 0 Å². The van der Waals surface area contributed by atoms with Crippen LogP contribution in [0.1, 0.15) is 120 Å². The van der Waals surface area contributed by atoms with E-state index in [-0.39, 0.29) is 69.2 Å². The largest absolute Gasteiger partial charge is 2.00 e. The van der Waals surface area contributed by atoms with E-state index in [1.54, 1.807) is 0 Å². The Morgan fingerprint density at radius 1 is 0.448 bits per heavy atom. The van der Waals surface area contributed by atoms with E-state index < -0.39 is 0 Å². The van der Waals surface area contributed by atoms with E-state index in [0.29, 0.717) is 11.8 Å². The summed E-state index contributed by atoms with van der Waals surface area (Å²) in [5.41, 5.74) is 0. The van der Waals surface area contributed by atoms with Crippen molar-refractivity contribution in [2.24, 2.45) is 11.8 Å². The Hall–Kier alpha value is 2.30. The average Bonchev–Trinajstić information content (AvgIpc) is 2.56. The molecule has 0 saturated heterocycles. The van der Waals surface area contributed by atoms with Gasteiger partial charge in [-0.1, -0.05) is 93.9 Å². The zero-order chi connectivity index (χ0) is 22.2. The molecule has 0 atom stereocenters. The Morgan fingerprint density at radius 2 is 0.586 bits per heavy atom. The number of rotatable bonds is 6. The fraction of sp³-hybridized carbons (Fsp3) is 0.769. The minimum Gasteiger partial charge on any atom is -0.343 e. The van der Waals surface area contributed by atoms with Gasteiger partial charge in [-0.2, -0.15) is 37.5 Å². The van der Waals surface area contributed by atoms with Crippen LogP contribution in [0.5, 0.6) is 0 Å². The van der Waals surface area contributed by atoms with Crippen molar-refractivity contribution >= 4 is 69.2 Å². The van der Waals surface area contributed by atoms with Gasteiger partial charge in [0.05, 0.1) is 0 Å². The topological polar surface area (TPSA) is 0 Å². The first kappa shape index (κ1) is 57.8. The van der Waals surface area contributed by atoms with Crippen molar-refractivity contribution < 1.29 is 0 Å². The third-order valence-corrected chi connectivity index (χ3v) is 1.91. The second-order valence-electron chi connectivity index (χ2n) is 6.91. The van der Waals surface area contributed by atoms with E-state index in [2.05, 4.69) is 96.9 Å². The van der Waals surface area contributed by atoms with E-state index >= 15 is 0 Å². The third-order valence-electron chi connectivity index (χ3n) is 1.91. The van der Waals surface area contributed by atoms with Crippen LogP contribution >= 0.6 is 0 Å². The van der Waals surface area contributed by atoms with Crippen LogP contribution in [-0.4, -0.2) is 69.2 Å². The Kier molecular flexibility index (Phi) is 155. The molecule has 0 saturated carbocycles. The SMILES string of the molecule is [CH2-]C(C)C.[CH2-]C(C)C.[CH2-]CCC.[CH2-]CCC.[CH2-]CCCC.[CH2-]CCCC.[Mg+2].[Mg+2].[Mg+2]. The molecule has 0 N–H and O–H groups in total. The molecule has 0 aliphatic heterocycles. The van der Waals surface area contributed by atoms with E-state index in [9.17, 15) is 0 Å². The molecule has 0 spiro atoms. The monoisotopic (exact) mass is 442 g/mol. The van der Waals surface area contributed by atoms with Gasteiger partial charge in [-0.25, -0.2) is 0 Å². The van der Waals surface area contributed by atoms with Crippen molar-refractivity contribution in [2.45, 2.75) is 120 Å². The molecule has 29 heavy (non-hydrogen) atoms. The predicted octanol–water partition coefficient (Wildman–Crippen LogP) is 9.07. The normalized spacial score (nSPS) is 7.45. The quantitative estimate of drug-likeness (QED) is 0.284. The maximum absolute atomic E-state index is 3.68. The van der Waals surface area contributed by atoms with E-state index in [1.807, 2.05) is 0 Å². The van der Waals surface area contributed by atoms with Crippen LogP contribution in [0.4, 0.5) is 0 Å². The summed E-state index contributed by atoms with van der Waals surface area (Å²) in [6.07, 6.45) is 11.9. The Balaban J connectivity index is -0.0000000232. The van der Waals surface area contributed by atoms with Crippen molar-refractivity contribution in [1.29, 1.82) is 0 Å². The molecule has 168 valence electrons. The van der Waals surface area contributed by atoms with Gasteiger partial charge in [0.25, 0.3) is 0 Å². The average molecular weight is 444 g/mol. The molecule has 0 radical (unpaired) electrons. The maximum Gasteiger partial charge on any atom is 2.00 e. The fourth-order valence-corrected chi connectivity index (χ4v) is 0.500. The first-order valence-corrected chi connectivity index (χ1v) is 11.0. The molecule has 0 aromatic heterocycles. The molecular weight excluding hydrogens is 385 g/mol. The van der Waals surface area contributed by atoms with Crippen LogP contribution < -0.4 is 0 Å². The second kappa shape index (κ2) is 77.7. The maximum atomic E-state index is 3.68. The van der Waals surface area contributed by atoms with Gasteiger partial charge in [0, 0.05) is 0 Å². The molecule has 0 aromatic rings. The molecule has 0 bridgehead atoms. The second-order valence-corrected chi connectivity index (χ2v) is 6.91. The fourth-order valence-electron chi connectivity index (χ4n) is 0.500. The van der Waals surface area contributed by atoms with Crippen molar-refractivity contribution in [3.8, 4) is 0 Å². The van der Waals surface area contributed by atoms with Gasteiger partial charge in [-0.05, 0) is 0 Å². The van der Waals surface area contributed by atoms with Crippen molar-refractivity contribution in [2.75, 3.05) is 0 Å². The summed E-state index contributed by atoms with van der Waals surface area (Å²) in [6.45, 7) is 38.6. The minimum atomic E-state index is 0. The molecule has 0 rings (SSSR count). The third kappa shape index (κ3) is 352. The standard InChI is InChI=1S/2C5H11.4C4H9.3Mg/c2*1-3-5-4-2;2*1-4(2)3;2*1-3-4-2;;;/h2*1,3-5H2,2H3;2*4H,1H2,2-3H3;2*1,3-4H2,2H3;;;/q6*-1;3*+2. The van der Waals surface area contributed by atoms with E-state index in [1.165, 1.54) is 38.5 Å². The van der Waals surface area contributed by atoms with Gasteiger partial charge >= 0.3 is 69.2 Å². The van der Waals surface area contributed by atoms with Crippen LogP contribution in [0, 0.1) is 53.4 Å². The number of hydrogen-bond donors (Lipinski definition) is 0. The first-order chi connectivity index (χ1) is 12.1. The van der Waals surface area contributed by atoms with E-state index in [0.717, 1.165) is 25.7 Å². The van der Waals surface area contributed by atoms with Gasteiger partial charge in [0.15, 0.2) is 0 Å². The summed E-state index contributed by atoms with van der Waals surface area (Å²) in [5.74, 6) is 1.17. The molecule has 0 aliphatic rings. The van der Waals surface area contributed by atoms with Gasteiger partial charge in [-0.15, -0.1) is 0 Å². The van der Waals surface area contributed by atoms with Crippen LogP contribution in [0.2, 0.25) is 0 Å². The Labute approximate surface area is 240 Å². The smallest absolute Gasteiger partial charge is 0.343 e. The minimum absolute atomic E-state index is 0. The predicted molar refractivity (Wildman–Crippen MR) is 148 cm³/mol.